The quantitative estimate of drug-likeness (QED) is 0.223. The molecule has 0 spiro atoms. The molecule has 0 aromatic heterocycles. The second-order valence-electron chi connectivity index (χ2n) is 11.2. The third-order valence-corrected chi connectivity index (χ3v) is 7.50. The Bertz CT molecular complexity index is 835. The van der Waals surface area contributed by atoms with Crippen LogP contribution >= 0.6 is 0 Å². The monoisotopic (exact) mass is 538 g/mol. The number of aliphatic hydroxyl groups is 2. The number of methoxy groups -OCH3 is 2. The van der Waals surface area contributed by atoms with Gasteiger partial charge < -0.3 is 40.2 Å². The van der Waals surface area contributed by atoms with Crippen molar-refractivity contribution < 1.29 is 34.0 Å². The maximum absolute atomic E-state index is 13.0. The number of nitrogens with one attached hydrogen (secondary N) is 1. The van der Waals surface area contributed by atoms with Crippen LogP contribution in [-0.4, -0.2) is 81.1 Å². The third-order valence-electron chi connectivity index (χ3n) is 7.50. The van der Waals surface area contributed by atoms with Gasteiger partial charge in [0.1, 0.15) is 0 Å². The van der Waals surface area contributed by atoms with E-state index in [2.05, 4.69) is 19.2 Å². The average molecular weight is 539 g/mol. The first-order valence-corrected chi connectivity index (χ1v) is 13.9. The molecule has 6 atom stereocenters. The Hall–Kier alpha value is -1.91. The van der Waals surface area contributed by atoms with Crippen molar-refractivity contribution in [1.82, 2.24) is 5.32 Å². The highest BCUT2D eigenvalue weighted by Crippen LogP contribution is 2.32. The fraction of sp³-hybridized carbons (Fsp3) is 0.759. The number of ether oxygens (including phenoxy) is 4. The molecule has 1 aromatic carbocycles. The van der Waals surface area contributed by atoms with Crippen LogP contribution in [0.2, 0.25) is 0 Å². The van der Waals surface area contributed by atoms with Crippen molar-refractivity contribution in [2.45, 2.75) is 77.7 Å². The van der Waals surface area contributed by atoms with E-state index in [0.29, 0.717) is 43.7 Å². The molecule has 1 aliphatic heterocycles. The predicted octanol–water partition coefficient (Wildman–Crippen LogP) is 2.54. The largest absolute Gasteiger partial charge is 0.493 e. The molecule has 2 rings (SSSR count). The van der Waals surface area contributed by atoms with Gasteiger partial charge in [0, 0.05) is 32.1 Å². The predicted molar refractivity (Wildman–Crippen MR) is 147 cm³/mol. The van der Waals surface area contributed by atoms with Crippen LogP contribution in [0.4, 0.5) is 0 Å². The Balaban J connectivity index is 2.01. The lowest BCUT2D eigenvalue weighted by Crippen LogP contribution is -2.48. The highest BCUT2D eigenvalue weighted by Gasteiger charge is 2.33. The van der Waals surface area contributed by atoms with Gasteiger partial charge in [-0.3, -0.25) is 4.79 Å². The lowest BCUT2D eigenvalue weighted by atomic mass is 9.80. The first-order chi connectivity index (χ1) is 18.1. The maximum Gasteiger partial charge on any atom is 0.223 e. The summed E-state index contributed by atoms with van der Waals surface area (Å²) in [6.45, 7) is 9.92. The standard InChI is InChI=1S/C29H50N2O7/c1-18(2)21(12-20-8-9-27(36-6)28(13-20)38-11-7-10-35-5)14-23(30)25(32)15-22(19(3)4)29(34)31-24-16-37-17-26(24)33/h8-9,13,18-19,21-26,32-33H,7,10-12,14-17,30H2,1-6H3,(H,31,34)/t21-,22-,23-,24?,25-,26?/m0/s1. The zero-order valence-electron chi connectivity index (χ0n) is 24.0. The smallest absolute Gasteiger partial charge is 0.223 e. The highest BCUT2D eigenvalue weighted by molar-refractivity contribution is 5.79. The lowest BCUT2D eigenvalue weighted by molar-refractivity contribution is -0.129. The van der Waals surface area contributed by atoms with Gasteiger partial charge in [-0.15, -0.1) is 0 Å². The molecule has 0 bridgehead atoms. The minimum atomic E-state index is -0.824. The molecule has 1 amide bonds. The van der Waals surface area contributed by atoms with Crippen molar-refractivity contribution in [3.05, 3.63) is 23.8 Å². The van der Waals surface area contributed by atoms with Gasteiger partial charge in [-0.1, -0.05) is 33.8 Å². The molecule has 9 nitrogen and oxygen atoms in total. The van der Waals surface area contributed by atoms with Gasteiger partial charge in [0.15, 0.2) is 11.5 Å². The molecular formula is C29H50N2O7. The van der Waals surface area contributed by atoms with E-state index in [-0.39, 0.29) is 30.8 Å². The molecule has 1 aromatic rings. The van der Waals surface area contributed by atoms with Gasteiger partial charge >= 0.3 is 0 Å². The minimum absolute atomic E-state index is 0.0128. The van der Waals surface area contributed by atoms with Crippen LogP contribution in [0.1, 0.15) is 52.5 Å². The number of benzene rings is 1. The molecule has 1 fully saturated rings. The van der Waals surface area contributed by atoms with Crippen molar-refractivity contribution in [1.29, 1.82) is 0 Å². The summed E-state index contributed by atoms with van der Waals surface area (Å²) in [5.74, 6) is 1.38. The molecule has 218 valence electrons. The van der Waals surface area contributed by atoms with Crippen molar-refractivity contribution in [3.63, 3.8) is 0 Å². The molecule has 1 heterocycles. The van der Waals surface area contributed by atoms with Crippen LogP contribution in [0, 0.1) is 23.7 Å². The Kier molecular flexibility index (Phi) is 13.8. The summed E-state index contributed by atoms with van der Waals surface area (Å²) in [4.78, 5) is 13.0. The Morgan fingerprint density at radius 3 is 2.42 bits per heavy atom. The topological polar surface area (TPSA) is 132 Å². The summed E-state index contributed by atoms with van der Waals surface area (Å²) in [6, 6.07) is 5.09. The molecule has 1 aliphatic rings. The first kappa shape index (κ1) is 32.3. The van der Waals surface area contributed by atoms with Crippen molar-refractivity contribution in [2.24, 2.45) is 29.4 Å². The zero-order chi connectivity index (χ0) is 28.2. The van der Waals surface area contributed by atoms with Crippen molar-refractivity contribution >= 4 is 5.91 Å². The van der Waals surface area contributed by atoms with Crippen LogP contribution in [-0.2, 0) is 20.7 Å². The minimum Gasteiger partial charge on any atom is -0.493 e. The number of hydrogen-bond donors (Lipinski definition) is 4. The van der Waals surface area contributed by atoms with Crippen molar-refractivity contribution in [2.75, 3.05) is 40.6 Å². The summed E-state index contributed by atoms with van der Waals surface area (Å²) in [6.07, 6.45) is 0.923. The SMILES string of the molecule is COCCCOc1cc(C[C@@H](C[C@H](N)[C@@H](O)C[C@H](C(=O)NC2COCC2O)C(C)C)C(C)C)ccc1OC. The van der Waals surface area contributed by atoms with E-state index in [4.69, 9.17) is 24.7 Å². The van der Waals surface area contributed by atoms with Crippen LogP contribution in [0.5, 0.6) is 11.5 Å². The van der Waals surface area contributed by atoms with E-state index >= 15 is 0 Å². The van der Waals surface area contributed by atoms with E-state index < -0.39 is 30.2 Å². The van der Waals surface area contributed by atoms with Crippen LogP contribution in [0.15, 0.2) is 18.2 Å². The average Bonchev–Trinajstić information content (AvgIpc) is 3.28. The molecule has 2 unspecified atom stereocenters. The number of carbonyl (C=O) groups is 1. The molecule has 0 saturated carbocycles. The van der Waals surface area contributed by atoms with Crippen LogP contribution < -0.4 is 20.5 Å². The van der Waals surface area contributed by atoms with Gasteiger partial charge in [-0.05, 0) is 54.7 Å². The summed E-state index contributed by atoms with van der Waals surface area (Å²) >= 11 is 0. The number of hydrogen-bond acceptors (Lipinski definition) is 8. The van der Waals surface area contributed by atoms with E-state index in [1.165, 1.54) is 0 Å². The summed E-state index contributed by atoms with van der Waals surface area (Å²) < 4.78 is 21.7. The fourth-order valence-electron chi connectivity index (χ4n) is 4.83. The van der Waals surface area contributed by atoms with Gasteiger partial charge in [0.25, 0.3) is 0 Å². The summed E-state index contributed by atoms with van der Waals surface area (Å²) in [5.41, 5.74) is 7.63. The second kappa shape index (κ2) is 16.3. The number of carbonyl (C=O) groups excluding carboxylic acids is 1. The molecule has 5 N–H and O–H groups in total. The van der Waals surface area contributed by atoms with Gasteiger partial charge in [-0.2, -0.15) is 0 Å². The molecule has 0 aliphatic carbocycles. The Labute approximate surface area is 228 Å². The van der Waals surface area contributed by atoms with Crippen molar-refractivity contribution in [3.8, 4) is 11.5 Å². The van der Waals surface area contributed by atoms with Crippen LogP contribution in [0.25, 0.3) is 0 Å². The molecule has 1 saturated heterocycles. The maximum atomic E-state index is 13.0. The first-order valence-electron chi connectivity index (χ1n) is 13.9. The summed E-state index contributed by atoms with van der Waals surface area (Å²) in [5, 5.41) is 23.9. The number of aliphatic hydroxyl groups excluding tert-OH is 2. The van der Waals surface area contributed by atoms with E-state index in [1.807, 2.05) is 32.0 Å². The molecule has 9 heteroatoms. The van der Waals surface area contributed by atoms with Gasteiger partial charge in [0.05, 0.1) is 45.2 Å². The highest BCUT2D eigenvalue weighted by atomic mass is 16.5. The Morgan fingerprint density at radius 2 is 1.84 bits per heavy atom. The van der Waals surface area contributed by atoms with E-state index in [9.17, 15) is 15.0 Å². The number of nitrogens with two attached hydrogens (primary N) is 1. The zero-order valence-corrected chi connectivity index (χ0v) is 24.0. The molecular weight excluding hydrogens is 488 g/mol. The molecule has 0 radical (unpaired) electrons. The van der Waals surface area contributed by atoms with E-state index in [0.717, 1.165) is 18.4 Å². The normalized spacial score (nSPS) is 20.8. The van der Waals surface area contributed by atoms with Gasteiger partial charge in [-0.25, -0.2) is 0 Å². The fourth-order valence-corrected chi connectivity index (χ4v) is 4.83. The number of rotatable bonds is 17. The Morgan fingerprint density at radius 1 is 1.11 bits per heavy atom. The summed E-state index contributed by atoms with van der Waals surface area (Å²) in [7, 11) is 3.30. The molecule has 38 heavy (non-hydrogen) atoms. The number of amides is 1. The van der Waals surface area contributed by atoms with Crippen LogP contribution in [0.3, 0.4) is 0 Å². The van der Waals surface area contributed by atoms with E-state index in [1.54, 1.807) is 14.2 Å². The lowest BCUT2D eigenvalue weighted by Gasteiger charge is -2.30. The third kappa shape index (κ3) is 10.0. The second-order valence-corrected chi connectivity index (χ2v) is 11.2. The van der Waals surface area contributed by atoms with Gasteiger partial charge in [0.2, 0.25) is 5.91 Å².